The van der Waals surface area contributed by atoms with Crippen LogP contribution in [0.1, 0.15) is 39.2 Å². The van der Waals surface area contributed by atoms with Crippen LogP contribution in [0.2, 0.25) is 0 Å². The molecule has 1 saturated heterocycles. The van der Waals surface area contributed by atoms with E-state index in [1.165, 1.54) is 6.08 Å². The van der Waals surface area contributed by atoms with Crippen LogP contribution in [0, 0.1) is 5.92 Å². The Hall–Kier alpha value is -2.34. The Morgan fingerprint density at radius 3 is 2.44 bits per heavy atom. The Kier molecular flexibility index (Phi) is 7.42. The van der Waals surface area contributed by atoms with Crippen molar-refractivity contribution in [2.75, 3.05) is 13.1 Å². The first kappa shape index (κ1) is 21.0. The van der Waals surface area contributed by atoms with Gasteiger partial charge in [0.05, 0.1) is 0 Å². The molecule has 1 aromatic carbocycles. The van der Waals surface area contributed by atoms with E-state index in [0.717, 1.165) is 18.4 Å². The van der Waals surface area contributed by atoms with Crippen LogP contribution in [0.4, 0.5) is 4.79 Å². The lowest BCUT2D eigenvalue weighted by atomic mass is 9.96. The van der Waals surface area contributed by atoms with Crippen LogP contribution in [0.15, 0.2) is 42.5 Å². The monoisotopic (exact) mass is 375 g/mol. The predicted octanol–water partition coefficient (Wildman–Crippen LogP) is 3.29. The molecule has 1 N–H and O–H groups in total. The second-order valence-electron chi connectivity index (χ2n) is 7.73. The van der Waals surface area contributed by atoms with Crippen LogP contribution in [0.3, 0.4) is 0 Å². The minimum Gasteiger partial charge on any atom is -0.459 e. The van der Waals surface area contributed by atoms with E-state index in [1.54, 1.807) is 4.90 Å². The number of amides is 1. The van der Waals surface area contributed by atoms with E-state index in [2.05, 4.69) is 0 Å². The summed E-state index contributed by atoms with van der Waals surface area (Å²) in [5.74, 6) is -0.457. The predicted molar refractivity (Wildman–Crippen MR) is 102 cm³/mol. The molecule has 1 atom stereocenters. The van der Waals surface area contributed by atoms with Crippen molar-refractivity contribution in [3.05, 3.63) is 48.0 Å². The van der Waals surface area contributed by atoms with Gasteiger partial charge in [-0.05, 0) is 51.2 Å². The number of benzene rings is 1. The lowest BCUT2D eigenvalue weighted by Gasteiger charge is -2.32. The summed E-state index contributed by atoms with van der Waals surface area (Å²) >= 11 is 0. The second-order valence-corrected chi connectivity index (χ2v) is 7.73. The molecular weight excluding hydrogens is 346 g/mol. The van der Waals surface area contributed by atoms with Crippen molar-refractivity contribution in [2.24, 2.45) is 5.92 Å². The van der Waals surface area contributed by atoms with Gasteiger partial charge in [-0.15, -0.1) is 0 Å². The number of hydrogen-bond acceptors (Lipinski definition) is 5. The number of carbonyl (C=O) groups is 2. The van der Waals surface area contributed by atoms with Gasteiger partial charge in [-0.2, -0.15) is 0 Å². The zero-order chi connectivity index (χ0) is 19.9. The molecule has 2 rings (SSSR count). The third-order valence-electron chi connectivity index (χ3n) is 4.22. The number of esters is 1. The normalized spacial score (nSPS) is 17.0. The number of hydrogen-bond donors (Lipinski definition) is 1. The first-order valence-electron chi connectivity index (χ1n) is 9.29. The molecule has 1 aliphatic heterocycles. The van der Waals surface area contributed by atoms with Crippen molar-refractivity contribution in [1.82, 2.24) is 4.90 Å². The molecule has 0 aliphatic carbocycles. The van der Waals surface area contributed by atoms with Crippen molar-refractivity contribution in [3.8, 4) is 0 Å². The van der Waals surface area contributed by atoms with Gasteiger partial charge in [0.2, 0.25) is 0 Å². The highest BCUT2D eigenvalue weighted by Gasteiger charge is 2.26. The largest absolute Gasteiger partial charge is 0.459 e. The van der Waals surface area contributed by atoms with Gasteiger partial charge >= 0.3 is 12.1 Å². The highest BCUT2D eigenvalue weighted by atomic mass is 16.6. The van der Waals surface area contributed by atoms with Crippen LogP contribution in [-0.2, 0) is 20.9 Å². The second kappa shape index (κ2) is 9.55. The molecule has 0 saturated carbocycles. The molecule has 0 unspecified atom stereocenters. The van der Waals surface area contributed by atoms with E-state index < -0.39 is 17.7 Å². The third-order valence-corrected chi connectivity index (χ3v) is 4.22. The summed E-state index contributed by atoms with van der Waals surface area (Å²) in [5, 5.41) is 9.95. The van der Waals surface area contributed by atoms with Gasteiger partial charge in [0.15, 0.2) is 6.10 Å². The Morgan fingerprint density at radius 1 is 1.22 bits per heavy atom. The quantitative estimate of drug-likeness (QED) is 0.631. The van der Waals surface area contributed by atoms with Crippen molar-refractivity contribution >= 4 is 12.1 Å². The van der Waals surface area contributed by atoms with Crippen LogP contribution < -0.4 is 0 Å². The highest BCUT2D eigenvalue weighted by molar-refractivity contribution is 5.76. The number of aliphatic hydroxyl groups excluding tert-OH is 1. The molecule has 6 nitrogen and oxygen atoms in total. The van der Waals surface area contributed by atoms with E-state index in [9.17, 15) is 14.7 Å². The number of piperidine rings is 1. The Labute approximate surface area is 160 Å². The van der Waals surface area contributed by atoms with Crippen molar-refractivity contribution in [2.45, 2.75) is 51.9 Å². The smallest absolute Gasteiger partial charge is 0.410 e. The minimum absolute atomic E-state index is 0.138. The summed E-state index contributed by atoms with van der Waals surface area (Å²) in [6.45, 7) is 6.87. The maximum absolute atomic E-state index is 12.0. The van der Waals surface area contributed by atoms with Gasteiger partial charge in [-0.25, -0.2) is 9.59 Å². The molecule has 0 aromatic heterocycles. The Bertz CT molecular complexity index is 642. The summed E-state index contributed by atoms with van der Waals surface area (Å²) in [7, 11) is 0. The van der Waals surface area contributed by atoms with E-state index in [1.807, 2.05) is 57.2 Å². The molecule has 148 valence electrons. The SMILES string of the molecule is CC(C)(C)OC(=O)N1CCC(/C=C/[C@H](O)C(=O)OCc2ccccc2)CC1. The number of aliphatic hydroxyl groups is 1. The fraction of sp³-hybridized carbons (Fsp3) is 0.524. The average molecular weight is 375 g/mol. The number of carbonyl (C=O) groups excluding carboxylic acids is 2. The Morgan fingerprint density at radius 2 is 1.85 bits per heavy atom. The van der Waals surface area contributed by atoms with Gasteiger partial charge in [-0.1, -0.05) is 36.4 Å². The molecule has 1 aromatic rings. The highest BCUT2D eigenvalue weighted by Crippen LogP contribution is 2.21. The molecule has 1 fully saturated rings. The Balaban J connectivity index is 1.73. The van der Waals surface area contributed by atoms with E-state index in [0.29, 0.717) is 13.1 Å². The molecule has 0 bridgehead atoms. The maximum Gasteiger partial charge on any atom is 0.410 e. The zero-order valence-electron chi connectivity index (χ0n) is 16.3. The van der Waals surface area contributed by atoms with Gasteiger partial charge in [0, 0.05) is 13.1 Å². The number of allylic oxidation sites excluding steroid dienone is 1. The third kappa shape index (κ3) is 7.43. The van der Waals surface area contributed by atoms with Gasteiger partial charge in [-0.3, -0.25) is 0 Å². The topological polar surface area (TPSA) is 76.1 Å². The number of rotatable bonds is 5. The number of ether oxygens (including phenoxy) is 2. The standard InChI is InChI=1S/C21H29NO5/c1-21(2,3)27-20(25)22-13-11-16(12-14-22)9-10-18(23)19(24)26-15-17-7-5-4-6-8-17/h4-10,16,18,23H,11-15H2,1-3H3/b10-9+/t18-/m0/s1. The number of likely N-dealkylation sites (tertiary alicyclic amines) is 1. The number of nitrogens with zero attached hydrogens (tertiary/aromatic N) is 1. The summed E-state index contributed by atoms with van der Waals surface area (Å²) in [5.41, 5.74) is 0.370. The first-order chi connectivity index (χ1) is 12.7. The van der Waals surface area contributed by atoms with Crippen molar-refractivity contribution in [1.29, 1.82) is 0 Å². The van der Waals surface area contributed by atoms with Crippen LogP contribution in [0.5, 0.6) is 0 Å². The van der Waals surface area contributed by atoms with E-state index in [4.69, 9.17) is 9.47 Å². The van der Waals surface area contributed by atoms with E-state index >= 15 is 0 Å². The summed E-state index contributed by atoms with van der Waals surface area (Å²) < 4.78 is 10.5. The maximum atomic E-state index is 12.0. The molecule has 0 radical (unpaired) electrons. The molecule has 1 amide bonds. The molecule has 1 aliphatic rings. The fourth-order valence-electron chi connectivity index (χ4n) is 2.76. The minimum atomic E-state index is -1.28. The van der Waals surface area contributed by atoms with Crippen molar-refractivity contribution in [3.63, 3.8) is 0 Å². The molecule has 0 spiro atoms. The molecule has 6 heteroatoms. The lowest BCUT2D eigenvalue weighted by Crippen LogP contribution is -2.41. The average Bonchev–Trinajstić information content (AvgIpc) is 2.64. The first-order valence-corrected chi connectivity index (χ1v) is 9.29. The molecular formula is C21H29NO5. The van der Waals surface area contributed by atoms with Gasteiger partial charge in [0.25, 0.3) is 0 Å². The summed E-state index contributed by atoms with van der Waals surface area (Å²) in [6, 6.07) is 9.32. The van der Waals surface area contributed by atoms with Crippen LogP contribution >= 0.6 is 0 Å². The molecule has 27 heavy (non-hydrogen) atoms. The molecule has 1 heterocycles. The van der Waals surface area contributed by atoms with E-state index in [-0.39, 0.29) is 18.6 Å². The van der Waals surface area contributed by atoms with Gasteiger partial charge < -0.3 is 19.5 Å². The van der Waals surface area contributed by atoms with Crippen molar-refractivity contribution < 1.29 is 24.2 Å². The summed E-state index contributed by atoms with van der Waals surface area (Å²) in [6.07, 6.45) is 3.26. The summed E-state index contributed by atoms with van der Waals surface area (Å²) in [4.78, 5) is 25.6. The lowest BCUT2D eigenvalue weighted by molar-refractivity contribution is -0.152. The van der Waals surface area contributed by atoms with Crippen LogP contribution in [-0.4, -0.2) is 46.9 Å². The van der Waals surface area contributed by atoms with Gasteiger partial charge in [0.1, 0.15) is 12.2 Å². The van der Waals surface area contributed by atoms with Crippen LogP contribution in [0.25, 0.3) is 0 Å². The fourth-order valence-corrected chi connectivity index (χ4v) is 2.76. The zero-order valence-corrected chi connectivity index (χ0v) is 16.3.